The highest BCUT2D eigenvalue weighted by Gasteiger charge is 2.13. The molecule has 1 heterocycles. The van der Waals surface area contributed by atoms with Crippen molar-refractivity contribution in [1.29, 1.82) is 0 Å². The number of likely N-dealkylation sites (N-methyl/N-ethyl adjacent to an activating group) is 1. The molecule has 1 aliphatic heterocycles. The molecule has 3 heteroatoms. The van der Waals surface area contributed by atoms with Crippen LogP contribution in [0.15, 0.2) is 23.1 Å². The monoisotopic (exact) mass is 181 g/mol. The molecule has 2 rings (SSSR count). The maximum Gasteiger partial charge on any atom is 0.142 e. The number of anilines is 1. The summed E-state index contributed by atoms with van der Waals surface area (Å²) < 4.78 is 5.47. The Kier molecular flexibility index (Phi) is 1.89. The minimum absolute atomic E-state index is 0.773. The molecule has 0 aliphatic carbocycles. The predicted octanol–water partition coefficient (Wildman–Crippen LogP) is 1.80. The first-order chi connectivity index (χ1) is 5.77. The summed E-state index contributed by atoms with van der Waals surface area (Å²) in [4.78, 5) is 3.16. The highest BCUT2D eigenvalue weighted by Crippen LogP contribution is 2.32. The quantitative estimate of drug-likeness (QED) is 0.613. The zero-order chi connectivity index (χ0) is 8.55. The number of hydrogen-bond acceptors (Lipinski definition) is 3. The SMILES string of the molecule is CN1CCOc2ccc(S)cc21. The third-order valence-corrected chi connectivity index (χ3v) is 2.32. The molecule has 1 aromatic rings. The standard InChI is InChI=1S/C9H11NOS/c1-10-4-5-11-9-3-2-7(12)6-8(9)10/h2-3,6,12H,4-5H2,1H3. The fourth-order valence-corrected chi connectivity index (χ4v) is 1.54. The number of rotatable bonds is 0. The lowest BCUT2D eigenvalue weighted by molar-refractivity contribution is 0.311. The van der Waals surface area contributed by atoms with Crippen LogP contribution >= 0.6 is 12.6 Å². The summed E-state index contributed by atoms with van der Waals surface area (Å²) in [6.07, 6.45) is 0. The molecule has 2 nitrogen and oxygen atoms in total. The number of thiol groups is 1. The van der Waals surface area contributed by atoms with Crippen molar-refractivity contribution in [2.75, 3.05) is 25.1 Å². The number of ether oxygens (including phenoxy) is 1. The van der Waals surface area contributed by atoms with E-state index in [-0.39, 0.29) is 0 Å². The van der Waals surface area contributed by atoms with Gasteiger partial charge >= 0.3 is 0 Å². The van der Waals surface area contributed by atoms with E-state index in [0.29, 0.717) is 0 Å². The fourth-order valence-electron chi connectivity index (χ4n) is 1.34. The summed E-state index contributed by atoms with van der Waals surface area (Å²) >= 11 is 4.28. The maximum atomic E-state index is 5.47. The Hall–Kier alpha value is -0.830. The van der Waals surface area contributed by atoms with E-state index in [1.54, 1.807) is 0 Å². The molecule has 0 aromatic heterocycles. The van der Waals surface area contributed by atoms with Gasteiger partial charge in [0.1, 0.15) is 12.4 Å². The van der Waals surface area contributed by atoms with Crippen LogP contribution in [0.25, 0.3) is 0 Å². The second kappa shape index (κ2) is 2.90. The van der Waals surface area contributed by atoms with Crippen molar-refractivity contribution in [3.8, 4) is 5.75 Å². The minimum Gasteiger partial charge on any atom is -0.490 e. The molecule has 0 bridgehead atoms. The van der Waals surface area contributed by atoms with Crippen molar-refractivity contribution in [2.24, 2.45) is 0 Å². The molecular weight excluding hydrogens is 170 g/mol. The Morgan fingerprint density at radius 2 is 2.33 bits per heavy atom. The van der Waals surface area contributed by atoms with Gasteiger partial charge in [-0.25, -0.2) is 0 Å². The van der Waals surface area contributed by atoms with E-state index >= 15 is 0 Å². The van der Waals surface area contributed by atoms with Gasteiger partial charge in [-0.1, -0.05) is 0 Å². The van der Waals surface area contributed by atoms with Crippen molar-refractivity contribution in [3.63, 3.8) is 0 Å². The van der Waals surface area contributed by atoms with Crippen LogP contribution in [0.2, 0.25) is 0 Å². The van der Waals surface area contributed by atoms with Gasteiger partial charge in [0.2, 0.25) is 0 Å². The smallest absolute Gasteiger partial charge is 0.142 e. The summed E-state index contributed by atoms with van der Waals surface area (Å²) in [5.41, 5.74) is 1.13. The Labute approximate surface area is 77.5 Å². The molecule has 0 radical (unpaired) electrons. The van der Waals surface area contributed by atoms with E-state index in [2.05, 4.69) is 24.6 Å². The molecule has 0 amide bonds. The third kappa shape index (κ3) is 1.25. The Morgan fingerprint density at radius 1 is 1.50 bits per heavy atom. The average molecular weight is 181 g/mol. The molecule has 1 aliphatic rings. The molecule has 1 aromatic carbocycles. The number of benzene rings is 1. The van der Waals surface area contributed by atoms with Crippen molar-refractivity contribution in [2.45, 2.75) is 4.90 Å². The van der Waals surface area contributed by atoms with Gasteiger partial charge in [-0.2, -0.15) is 0 Å². The van der Waals surface area contributed by atoms with Crippen LogP contribution in [0, 0.1) is 0 Å². The Bertz CT molecular complexity index is 301. The van der Waals surface area contributed by atoms with E-state index in [0.717, 1.165) is 29.5 Å². The minimum atomic E-state index is 0.773. The summed E-state index contributed by atoms with van der Waals surface area (Å²) in [7, 11) is 2.06. The van der Waals surface area contributed by atoms with Gasteiger partial charge in [-0.05, 0) is 18.2 Å². The summed E-state index contributed by atoms with van der Waals surface area (Å²) in [5.74, 6) is 0.960. The average Bonchev–Trinajstić information content (AvgIpc) is 2.07. The second-order valence-corrected chi connectivity index (χ2v) is 3.44. The Balaban J connectivity index is 2.47. The lowest BCUT2D eigenvalue weighted by atomic mass is 10.2. The third-order valence-electron chi connectivity index (χ3n) is 2.04. The van der Waals surface area contributed by atoms with Crippen LogP contribution in [-0.2, 0) is 0 Å². The summed E-state index contributed by atoms with van der Waals surface area (Å²) in [6.45, 7) is 1.72. The van der Waals surface area contributed by atoms with Crippen LogP contribution < -0.4 is 9.64 Å². The maximum absolute atomic E-state index is 5.47. The van der Waals surface area contributed by atoms with Crippen molar-refractivity contribution >= 4 is 18.3 Å². The van der Waals surface area contributed by atoms with Gasteiger partial charge in [0, 0.05) is 11.9 Å². The first-order valence-electron chi connectivity index (χ1n) is 3.94. The zero-order valence-corrected chi connectivity index (χ0v) is 7.84. The van der Waals surface area contributed by atoms with Crippen molar-refractivity contribution < 1.29 is 4.74 Å². The second-order valence-electron chi connectivity index (χ2n) is 2.92. The largest absolute Gasteiger partial charge is 0.490 e. The number of fused-ring (bicyclic) bond motifs is 1. The Morgan fingerprint density at radius 3 is 3.17 bits per heavy atom. The summed E-state index contributed by atoms with van der Waals surface area (Å²) in [6, 6.07) is 5.94. The van der Waals surface area contributed by atoms with Crippen molar-refractivity contribution in [1.82, 2.24) is 0 Å². The normalized spacial score (nSPS) is 15.3. The number of nitrogens with zero attached hydrogens (tertiary/aromatic N) is 1. The molecular formula is C9H11NOS. The highest BCUT2D eigenvalue weighted by atomic mass is 32.1. The van der Waals surface area contributed by atoms with Crippen LogP contribution in [0.5, 0.6) is 5.75 Å². The lowest BCUT2D eigenvalue weighted by Gasteiger charge is -2.27. The van der Waals surface area contributed by atoms with E-state index in [1.165, 1.54) is 0 Å². The molecule has 0 N–H and O–H groups in total. The van der Waals surface area contributed by atoms with E-state index in [9.17, 15) is 0 Å². The first-order valence-corrected chi connectivity index (χ1v) is 4.39. The topological polar surface area (TPSA) is 12.5 Å². The van der Waals surface area contributed by atoms with Crippen LogP contribution in [0.1, 0.15) is 0 Å². The molecule has 0 atom stereocenters. The van der Waals surface area contributed by atoms with Gasteiger partial charge in [0.05, 0.1) is 12.2 Å². The van der Waals surface area contributed by atoms with Crippen LogP contribution in [-0.4, -0.2) is 20.2 Å². The predicted molar refractivity (Wildman–Crippen MR) is 52.5 cm³/mol. The first kappa shape index (κ1) is 7.80. The molecule has 0 unspecified atom stereocenters. The van der Waals surface area contributed by atoms with E-state index < -0.39 is 0 Å². The molecule has 0 saturated heterocycles. The number of hydrogen-bond donors (Lipinski definition) is 1. The van der Waals surface area contributed by atoms with Gasteiger partial charge in [0.15, 0.2) is 0 Å². The van der Waals surface area contributed by atoms with E-state index in [4.69, 9.17) is 4.74 Å². The van der Waals surface area contributed by atoms with E-state index in [1.807, 2.05) is 18.2 Å². The van der Waals surface area contributed by atoms with Gasteiger partial charge in [-0.15, -0.1) is 12.6 Å². The van der Waals surface area contributed by atoms with Crippen LogP contribution in [0.4, 0.5) is 5.69 Å². The van der Waals surface area contributed by atoms with Crippen LogP contribution in [0.3, 0.4) is 0 Å². The highest BCUT2D eigenvalue weighted by molar-refractivity contribution is 7.80. The molecule has 64 valence electrons. The lowest BCUT2D eigenvalue weighted by Crippen LogP contribution is -2.28. The van der Waals surface area contributed by atoms with Gasteiger partial charge in [0.25, 0.3) is 0 Å². The fraction of sp³-hybridized carbons (Fsp3) is 0.333. The summed E-state index contributed by atoms with van der Waals surface area (Å²) in [5, 5.41) is 0. The van der Waals surface area contributed by atoms with Gasteiger partial charge in [-0.3, -0.25) is 0 Å². The molecule has 12 heavy (non-hydrogen) atoms. The molecule has 0 saturated carbocycles. The molecule has 0 fully saturated rings. The van der Waals surface area contributed by atoms with Crippen molar-refractivity contribution in [3.05, 3.63) is 18.2 Å². The molecule has 0 spiro atoms. The zero-order valence-electron chi connectivity index (χ0n) is 6.95. The van der Waals surface area contributed by atoms with Gasteiger partial charge < -0.3 is 9.64 Å².